The van der Waals surface area contributed by atoms with E-state index in [4.69, 9.17) is 23.2 Å². The highest BCUT2D eigenvalue weighted by Gasteiger charge is 2.11. The Morgan fingerprint density at radius 2 is 2.08 bits per heavy atom. The van der Waals surface area contributed by atoms with E-state index in [0.717, 1.165) is 6.07 Å². The second kappa shape index (κ2) is 3.96. The zero-order valence-electron chi connectivity index (χ0n) is 5.77. The molecular formula is C6H4Cl2F2N2. The van der Waals surface area contributed by atoms with E-state index in [9.17, 15) is 8.78 Å². The highest BCUT2D eigenvalue weighted by atomic mass is 35.5. The number of aromatic nitrogens is 2. The van der Waals surface area contributed by atoms with Crippen LogP contribution in [0.1, 0.15) is 17.9 Å². The summed E-state index contributed by atoms with van der Waals surface area (Å²) in [6.07, 6.45) is -2.65. The summed E-state index contributed by atoms with van der Waals surface area (Å²) in [5.41, 5.74) is -0.398. The minimum Gasteiger partial charge on any atom is -0.231 e. The second-order valence-electron chi connectivity index (χ2n) is 1.97. The highest BCUT2D eigenvalue weighted by molar-refractivity contribution is 6.29. The summed E-state index contributed by atoms with van der Waals surface area (Å²) >= 11 is 10.8. The monoisotopic (exact) mass is 212 g/mol. The van der Waals surface area contributed by atoms with Crippen LogP contribution in [0.3, 0.4) is 0 Å². The van der Waals surface area contributed by atoms with Gasteiger partial charge in [0.2, 0.25) is 0 Å². The van der Waals surface area contributed by atoms with E-state index in [1.54, 1.807) is 0 Å². The van der Waals surface area contributed by atoms with Gasteiger partial charge in [-0.1, -0.05) is 11.6 Å². The molecule has 0 unspecified atom stereocenters. The topological polar surface area (TPSA) is 25.8 Å². The van der Waals surface area contributed by atoms with Crippen molar-refractivity contribution >= 4 is 23.2 Å². The molecule has 0 saturated heterocycles. The quantitative estimate of drug-likeness (QED) is 0.557. The van der Waals surface area contributed by atoms with Crippen LogP contribution in [0.15, 0.2) is 6.07 Å². The summed E-state index contributed by atoms with van der Waals surface area (Å²) in [5, 5.41) is -0.0176. The maximum atomic E-state index is 12.1. The lowest BCUT2D eigenvalue weighted by atomic mass is 10.4. The van der Waals surface area contributed by atoms with Crippen LogP contribution in [0.5, 0.6) is 0 Å². The van der Waals surface area contributed by atoms with Crippen LogP contribution in [0.4, 0.5) is 8.78 Å². The number of hydrogen-bond acceptors (Lipinski definition) is 2. The van der Waals surface area contributed by atoms with Gasteiger partial charge < -0.3 is 0 Å². The fourth-order valence-corrected chi connectivity index (χ4v) is 0.984. The standard InChI is InChI=1S/C6H4Cl2F2N2/c7-2-5-11-3(6(9)10)1-4(8)12-5/h1,6H,2H2. The van der Waals surface area contributed by atoms with Gasteiger partial charge in [-0.15, -0.1) is 11.6 Å². The molecule has 1 rings (SSSR count). The summed E-state index contributed by atoms with van der Waals surface area (Å²) in [7, 11) is 0. The molecule has 6 heteroatoms. The van der Waals surface area contributed by atoms with Crippen LogP contribution in [0.25, 0.3) is 0 Å². The number of halogens is 4. The largest absolute Gasteiger partial charge is 0.280 e. The maximum Gasteiger partial charge on any atom is 0.280 e. The number of alkyl halides is 3. The first-order valence-electron chi connectivity index (χ1n) is 3.01. The second-order valence-corrected chi connectivity index (χ2v) is 2.62. The zero-order valence-corrected chi connectivity index (χ0v) is 7.28. The summed E-state index contributed by atoms with van der Waals surface area (Å²) in [6.45, 7) is 0. The Morgan fingerprint density at radius 3 is 2.58 bits per heavy atom. The molecule has 0 N–H and O–H groups in total. The van der Waals surface area contributed by atoms with Gasteiger partial charge in [-0.3, -0.25) is 0 Å². The molecule has 0 saturated carbocycles. The average molecular weight is 213 g/mol. The Balaban J connectivity index is 3.06. The molecule has 12 heavy (non-hydrogen) atoms. The van der Waals surface area contributed by atoms with Gasteiger partial charge in [0.1, 0.15) is 16.7 Å². The predicted octanol–water partition coefficient (Wildman–Crippen LogP) is 2.81. The predicted molar refractivity (Wildman–Crippen MR) is 41.6 cm³/mol. The molecule has 0 aliphatic heterocycles. The van der Waals surface area contributed by atoms with Gasteiger partial charge in [0.05, 0.1) is 5.88 Å². The SMILES string of the molecule is FC(F)c1cc(Cl)nc(CCl)n1. The van der Waals surface area contributed by atoms with Crippen LogP contribution in [-0.2, 0) is 5.88 Å². The molecule has 0 spiro atoms. The molecule has 0 amide bonds. The maximum absolute atomic E-state index is 12.1. The van der Waals surface area contributed by atoms with Crippen molar-refractivity contribution in [1.29, 1.82) is 0 Å². The van der Waals surface area contributed by atoms with E-state index in [1.807, 2.05) is 0 Å². The lowest BCUT2D eigenvalue weighted by Gasteiger charge is -2.00. The molecule has 0 bridgehead atoms. The Bertz CT molecular complexity index is 280. The van der Waals surface area contributed by atoms with Crippen molar-refractivity contribution in [3.63, 3.8) is 0 Å². The normalized spacial score (nSPS) is 10.8. The summed E-state index contributed by atoms with van der Waals surface area (Å²) in [4.78, 5) is 7.10. The minimum absolute atomic E-state index is 0.0176. The molecule has 66 valence electrons. The van der Waals surface area contributed by atoms with E-state index in [0.29, 0.717) is 0 Å². The van der Waals surface area contributed by atoms with Crippen LogP contribution < -0.4 is 0 Å². The molecule has 2 nitrogen and oxygen atoms in total. The van der Waals surface area contributed by atoms with Crippen molar-refractivity contribution in [3.8, 4) is 0 Å². The number of nitrogens with zero attached hydrogens (tertiary/aromatic N) is 2. The summed E-state index contributed by atoms with van der Waals surface area (Å²) in [6, 6.07) is 1.02. The van der Waals surface area contributed by atoms with Gasteiger partial charge in [0, 0.05) is 6.07 Å². The van der Waals surface area contributed by atoms with Gasteiger partial charge in [-0.05, 0) is 0 Å². The molecule has 0 aliphatic carbocycles. The third-order valence-electron chi connectivity index (χ3n) is 1.10. The zero-order chi connectivity index (χ0) is 9.14. The van der Waals surface area contributed by atoms with E-state index >= 15 is 0 Å². The van der Waals surface area contributed by atoms with Crippen molar-refractivity contribution < 1.29 is 8.78 Å². The van der Waals surface area contributed by atoms with Crippen molar-refractivity contribution in [2.75, 3.05) is 0 Å². The molecule has 1 heterocycles. The Hall–Kier alpha value is -0.480. The van der Waals surface area contributed by atoms with Gasteiger partial charge in [-0.2, -0.15) is 0 Å². The van der Waals surface area contributed by atoms with Gasteiger partial charge in [0.15, 0.2) is 0 Å². The molecule has 1 aromatic heterocycles. The summed E-state index contributed by atoms with van der Waals surface area (Å²) < 4.78 is 24.1. The smallest absolute Gasteiger partial charge is 0.231 e. The van der Waals surface area contributed by atoms with E-state index < -0.39 is 12.1 Å². The first kappa shape index (κ1) is 9.61. The van der Waals surface area contributed by atoms with E-state index in [2.05, 4.69) is 9.97 Å². The molecule has 0 radical (unpaired) electrons. The van der Waals surface area contributed by atoms with Crippen LogP contribution in [-0.4, -0.2) is 9.97 Å². The molecule has 1 aromatic rings. The van der Waals surface area contributed by atoms with Gasteiger partial charge >= 0.3 is 0 Å². The lowest BCUT2D eigenvalue weighted by Crippen LogP contribution is -1.97. The summed E-state index contributed by atoms with van der Waals surface area (Å²) in [5.74, 6) is 0.0831. The highest BCUT2D eigenvalue weighted by Crippen LogP contribution is 2.19. The van der Waals surface area contributed by atoms with Gasteiger partial charge in [0.25, 0.3) is 6.43 Å². The fraction of sp³-hybridized carbons (Fsp3) is 0.333. The van der Waals surface area contributed by atoms with Crippen LogP contribution in [0.2, 0.25) is 5.15 Å². The van der Waals surface area contributed by atoms with Crippen LogP contribution >= 0.6 is 23.2 Å². The van der Waals surface area contributed by atoms with Crippen molar-refractivity contribution in [2.24, 2.45) is 0 Å². The lowest BCUT2D eigenvalue weighted by molar-refractivity contribution is 0.145. The molecule has 0 aliphatic rings. The van der Waals surface area contributed by atoms with E-state index in [1.165, 1.54) is 0 Å². The van der Waals surface area contributed by atoms with Crippen LogP contribution in [0, 0.1) is 0 Å². The average Bonchev–Trinajstić information content (AvgIpc) is 2.03. The van der Waals surface area contributed by atoms with E-state index in [-0.39, 0.29) is 16.9 Å². The third-order valence-corrected chi connectivity index (χ3v) is 1.54. The number of hydrogen-bond donors (Lipinski definition) is 0. The van der Waals surface area contributed by atoms with Crippen molar-refractivity contribution in [3.05, 3.63) is 22.7 Å². The molecule has 0 fully saturated rings. The molecule has 0 aromatic carbocycles. The number of rotatable bonds is 2. The first-order valence-corrected chi connectivity index (χ1v) is 3.92. The Kier molecular flexibility index (Phi) is 3.17. The minimum atomic E-state index is -2.65. The third kappa shape index (κ3) is 2.25. The van der Waals surface area contributed by atoms with Gasteiger partial charge in [-0.25, -0.2) is 18.7 Å². The first-order chi connectivity index (χ1) is 5.63. The Morgan fingerprint density at radius 1 is 1.42 bits per heavy atom. The molecular weight excluding hydrogens is 209 g/mol. The van der Waals surface area contributed by atoms with Crippen molar-refractivity contribution in [1.82, 2.24) is 9.97 Å². The molecule has 0 atom stereocenters. The van der Waals surface area contributed by atoms with Crippen molar-refractivity contribution in [2.45, 2.75) is 12.3 Å². The fourth-order valence-electron chi connectivity index (χ4n) is 0.655. The Labute approximate surface area is 77.5 Å².